The molecule has 0 radical (unpaired) electrons. The molecule has 2 aromatic carbocycles. The largest absolute Gasteiger partial charge is 0.419 e. The number of amides is 1. The van der Waals surface area contributed by atoms with Gasteiger partial charge in [0.05, 0.1) is 5.69 Å². The number of carbonyl (C=O) groups is 1. The maximum atomic E-state index is 12.2. The van der Waals surface area contributed by atoms with E-state index in [1.165, 1.54) is 0 Å². The molecule has 0 saturated carbocycles. The lowest BCUT2D eigenvalue weighted by Gasteiger charge is -2.27. The lowest BCUT2D eigenvalue weighted by Crippen LogP contribution is -2.37. The maximum absolute atomic E-state index is 12.2. The molecule has 0 fully saturated rings. The maximum Gasteiger partial charge on any atom is 0.419 e. The highest BCUT2D eigenvalue weighted by Crippen LogP contribution is 2.34. The van der Waals surface area contributed by atoms with Crippen LogP contribution in [-0.4, -0.2) is 18.4 Å². The molecular weight excluding hydrogens is 258 g/mol. The number of anilines is 1. The molecule has 0 aliphatic carbocycles. The van der Waals surface area contributed by atoms with Gasteiger partial charge in [0.15, 0.2) is 0 Å². The van der Waals surface area contributed by atoms with Crippen LogP contribution in [0.3, 0.4) is 0 Å². The Morgan fingerprint density at radius 2 is 1.79 bits per heavy atom. The van der Waals surface area contributed by atoms with E-state index < -0.39 is 0 Å². The lowest BCUT2D eigenvalue weighted by atomic mass is 10.3. The Kier molecular flexibility index (Phi) is 3.42. The van der Waals surface area contributed by atoms with Gasteiger partial charge in [-0.15, -0.1) is 11.8 Å². The molecule has 0 atom stereocenters. The molecule has 0 spiro atoms. The van der Waals surface area contributed by atoms with Gasteiger partial charge in [0.25, 0.3) is 0 Å². The molecular formula is C15H13NO2S. The highest BCUT2D eigenvalue weighted by molar-refractivity contribution is 7.99. The van der Waals surface area contributed by atoms with Crippen molar-refractivity contribution in [1.29, 1.82) is 0 Å². The van der Waals surface area contributed by atoms with E-state index in [1.54, 1.807) is 28.8 Å². The summed E-state index contributed by atoms with van der Waals surface area (Å²) < 4.78 is 5.39. The zero-order valence-electron chi connectivity index (χ0n) is 10.3. The van der Waals surface area contributed by atoms with E-state index in [2.05, 4.69) is 0 Å². The molecule has 0 N–H and O–H groups in total. The Balaban J connectivity index is 1.82. The average Bonchev–Trinajstić information content (AvgIpc) is 2.47. The van der Waals surface area contributed by atoms with Gasteiger partial charge >= 0.3 is 6.09 Å². The first-order valence-corrected chi connectivity index (χ1v) is 7.09. The van der Waals surface area contributed by atoms with Gasteiger partial charge in [0, 0.05) is 17.2 Å². The second kappa shape index (κ2) is 5.36. The summed E-state index contributed by atoms with van der Waals surface area (Å²) in [5.41, 5.74) is 0.930. The summed E-state index contributed by atoms with van der Waals surface area (Å²) in [6.45, 7) is 0.674. The highest BCUT2D eigenvalue weighted by atomic mass is 32.2. The summed E-state index contributed by atoms with van der Waals surface area (Å²) in [7, 11) is 0. The molecule has 1 aliphatic rings. The van der Waals surface area contributed by atoms with Crippen molar-refractivity contribution in [2.45, 2.75) is 4.90 Å². The molecule has 0 aromatic heterocycles. The molecule has 3 rings (SSSR count). The first-order chi connectivity index (χ1) is 9.34. The molecule has 3 nitrogen and oxygen atoms in total. The van der Waals surface area contributed by atoms with E-state index in [4.69, 9.17) is 4.74 Å². The number of benzene rings is 2. The van der Waals surface area contributed by atoms with Gasteiger partial charge in [-0.05, 0) is 24.3 Å². The number of carbonyl (C=O) groups excluding carboxylic acids is 1. The van der Waals surface area contributed by atoms with Crippen molar-refractivity contribution in [2.24, 2.45) is 0 Å². The van der Waals surface area contributed by atoms with Crippen LogP contribution in [0.25, 0.3) is 0 Å². The Bertz CT molecular complexity index is 586. The molecule has 19 heavy (non-hydrogen) atoms. The normalized spacial score (nSPS) is 13.8. The first kappa shape index (κ1) is 12.1. The van der Waals surface area contributed by atoms with Gasteiger partial charge in [-0.3, -0.25) is 4.90 Å². The minimum atomic E-state index is -0.320. The number of para-hydroxylation sites is 2. The van der Waals surface area contributed by atoms with Crippen molar-refractivity contribution in [1.82, 2.24) is 0 Å². The predicted octanol–water partition coefficient (Wildman–Crippen LogP) is 3.80. The van der Waals surface area contributed by atoms with E-state index in [0.717, 1.165) is 16.3 Å². The quantitative estimate of drug-likeness (QED) is 0.790. The smallest absolute Gasteiger partial charge is 0.410 e. The van der Waals surface area contributed by atoms with Crippen LogP contribution in [0.2, 0.25) is 0 Å². The van der Waals surface area contributed by atoms with Gasteiger partial charge < -0.3 is 4.74 Å². The zero-order valence-corrected chi connectivity index (χ0v) is 11.1. The summed E-state index contributed by atoms with van der Waals surface area (Å²) in [5.74, 6) is 1.46. The summed E-state index contributed by atoms with van der Waals surface area (Å²) >= 11 is 1.77. The predicted molar refractivity (Wildman–Crippen MR) is 77.0 cm³/mol. The summed E-state index contributed by atoms with van der Waals surface area (Å²) in [4.78, 5) is 15.0. The number of thioether (sulfide) groups is 1. The van der Waals surface area contributed by atoms with Crippen molar-refractivity contribution in [3.63, 3.8) is 0 Å². The van der Waals surface area contributed by atoms with Crippen molar-refractivity contribution in [2.75, 3.05) is 17.2 Å². The van der Waals surface area contributed by atoms with E-state index in [9.17, 15) is 4.79 Å². The van der Waals surface area contributed by atoms with Crippen LogP contribution in [0, 0.1) is 0 Å². The molecule has 96 valence electrons. The minimum Gasteiger partial charge on any atom is -0.410 e. The van der Waals surface area contributed by atoms with E-state index in [0.29, 0.717) is 12.3 Å². The van der Waals surface area contributed by atoms with Crippen molar-refractivity contribution in [3.8, 4) is 5.75 Å². The van der Waals surface area contributed by atoms with Gasteiger partial charge in [-0.25, -0.2) is 4.79 Å². The summed E-state index contributed by atoms with van der Waals surface area (Å²) in [6.07, 6.45) is -0.320. The second-order valence-electron chi connectivity index (χ2n) is 4.15. The third-order valence-corrected chi connectivity index (χ3v) is 3.94. The zero-order chi connectivity index (χ0) is 13.1. The molecule has 0 bridgehead atoms. The summed E-state index contributed by atoms with van der Waals surface area (Å²) in [5, 5.41) is 0. The van der Waals surface area contributed by atoms with Crippen LogP contribution in [0.4, 0.5) is 10.5 Å². The number of hydrogen-bond acceptors (Lipinski definition) is 3. The van der Waals surface area contributed by atoms with Crippen LogP contribution in [0.15, 0.2) is 59.5 Å². The number of nitrogens with zero attached hydrogens (tertiary/aromatic N) is 1. The van der Waals surface area contributed by atoms with Crippen LogP contribution >= 0.6 is 11.8 Å². The summed E-state index contributed by atoms with van der Waals surface area (Å²) in [6, 6.07) is 17.1. The number of hydrogen-bond donors (Lipinski definition) is 0. The van der Waals surface area contributed by atoms with Gasteiger partial charge in [0.2, 0.25) is 0 Å². The van der Waals surface area contributed by atoms with E-state index in [-0.39, 0.29) is 6.09 Å². The van der Waals surface area contributed by atoms with Crippen LogP contribution in [0.1, 0.15) is 0 Å². The van der Waals surface area contributed by atoms with E-state index >= 15 is 0 Å². The standard InChI is InChI=1S/C15H13NO2S/c17-15(18-12-6-2-1-3-7-12)16-10-11-19-14-9-5-4-8-13(14)16/h1-9H,10-11H2. The fraction of sp³-hybridized carbons (Fsp3) is 0.133. The molecule has 1 aliphatic heterocycles. The first-order valence-electron chi connectivity index (χ1n) is 6.11. The Morgan fingerprint density at radius 1 is 1.05 bits per heavy atom. The van der Waals surface area contributed by atoms with Crippen LogP contribution in [-0.2, 0) is 0 Å². The Labute approximate surface area is 116 Å². The van der Waals surface area contributed by atoms with Gasteiger partial charge in [-0.1, -0.05) is 30.3 Å². The Hall–Kier alpha value is -1.94. The second-order valence-corrected chi connectivity index (χ2v) is 5.29. The molecule has 1 heterocycles. The molecule has 2 aromatic rings. The number of ether oxygens (including phenoxy) is 1. The van der Waals surface area contributed by atoms with E-state index in [1.807, 2.05) is 42.5 Å². The van der Waals surface area contributed by atoms with Crippen molar-refractivity contribution < 1.29 is 9.53 Å². The fourth-order valence-corrected chi connectivity index (χ4v) is 3.00. The highest BCUT2D eigenvalue weighted by Gasteiger charge is 2.24. The van der Waals surface area contributed by atoms with Crippen molar-refractivity contribution >= 4 is 23.5 Å². The number of fused-ring (bicyclic) bond motifs is 1. The third kappa shape index (κ3) is 2.58. The Morgan fingerprint density at radius 3 is 2.63 bits per heavy atom. The van der Waals surface area contributed by atoms with Gasteiger partial charge in [0.1, 0.15) is 5.75 Å². The third-order valence-electron chi connectivity index (χ3n) is 2.90. The van der Waals surface area contributed by atoms with Gasteiger partial charge in [-0.2, -0.15) is 0 Å². The van der Waals surface area contributed by atoms with Crippen molar-refractivity contribution in [3.05, 3.63) is 54.6 Å². The minimum absolute atomic E-state index is 0.320. The molecule has 1 amide bonds. The molecule has 0 unspecified atom stereocenters. The monoisotopic (exact) mass is 271 g/mol. The topological polar surface area (TPSA) is 29.5 Å². The average molecular weight is 271 g/mol. The van der Waals surface area contributed by atoms with Crippen LogP contribution < -0.4 is 9.64 Å². The fourth-order valence-electron chi connectivity index (χ4n) is 2.00. The lowest BCUT2D eigenvalue weighted by molar-refractivity contribution is 0.208. The molecule has 0 saturated heterocycles. The SMILES string of the molecule is O=C(Oc1ccccc1)N1CCSc2ccccc21. The van der Waals surface area contributed by atoms with Crippen LogP contribution in [0.5, 0.6) is 5.75 Å². The number of rotatable bonds is 1. The molecule has 4 heteroatoms.